The second-order valence-corrected chi connectivity index (χ2v) is 5.38. The Balaban J connectivity index is 2.79. The summed E-state index contributed by atoms with van der Waals surface area (Å²) in [6.45, 7) is 4.73. The van der Waals surface area contributed by atoms with Crippen LogP contribution in [0.3, 0.4) is 0 Å². The second kappa shape index (κ2) is 7.07. The molecule has 0 saturated heterocycles. The fraction of sp³-hybridized carbons (Fsp3) is 0.583. The molecule has 98 valence electrons. The monoisotopic (exact) mass is 267 g/mol. The van der Waals surface area contributed by atoms with Gasteiger partial charge in [0, 0.05) is 0 Å². The number of nitrogens with zero attached hydrogens (tertiary/aromatic N) is 3. The quantitative estimate of drug-likeness (QED) is 0.766. The molecule has 1 heterocycles. The van der Waals surface area contributed by atoms with Crippen molar-refractivity contribution in [1.29, 1.82) is 5.26 Å². The average molecular weight is 267 g/mol. The van der Waals surface area contributed by atoms with Gasteiger partial charge in [-0.25, -0.2) is 0 Å². The summed E-state index contributed by atoms with van der Waals surface area (Å²) in [5.41, 5.74) is 0.954. The predicted molar refractivity (Wildman–Crippen MR) is 69.4 cm³/mol. The van der Waals surface area contributed by atoms with Crippen LogP contribution in [0.1, 0.15) is 26.0 Å². The molecule has 1 rings (SSSR count). The van der Waals surface area contributed by atoms with Gasteiger partial charge in [-0.2, -0.15) is 10.4 Å². The Morgan fingerprint density at radius 3 is 2.94 bits per heavy atom. The van der Waals surface area contributed by atoms with E-state index in [9.17, 15) is 4.79 Å². The van der Waals surface area contributed by atoms with E-state index in [0.717, 1.165) is 17.1 Å². The summed E-state index contributed by atoms with van der Waals surface area (Å²) in [5.74, 6) is -0.334. The molecule has 0 aromatic carbocycles. The second-order valence-electron chi connectivity index (χ2n) is 4.39. The number of carboxylic acids is 1. The Kier molecular flexibility index (Phi) is 5.72. The van der Waals surface area contributed by atoms with E-state index in [2.05, 4.69) is 25.0 Å². The molecule has 0 aliphatic carbocycles. The molecule has 0 saturated carbocycles. The van der Waals surface area contributed by atoms with Crippen molar-refractivity contribution in [3.8, 4) is 6.07 Å². The summed E-state index contributed by atoms with van der Waals surface area (Å²) >= 11 is 1.25. The molecule has 6 heteroatoms. The van der Waals surface area contributed by atoms with Crippen LogP contribution in [0.2, 0.25) is 0 Å². The topological polar surface area (TPSA) is 78.9 Å². The van der Waals surface area contributed by atoms with Gasteiger partial charge in [0.15, 0.2) is 0 Å². The highest BCUT2D eigenvalue weighted by molar-refractivity contribution is 7.99. The third-order valence-corrected chi connectivity index (χ3v) is 3.21. The Morgan fingerprint density at radius 2 is 2.39 bits per heavy atom. The van der Waals surface area contributed by atoms with E-state index < -0.39 is 5.97 Å². The third-order valence-electron chi connectivity index (χ3n) is 2.19. The smallest absolute Gasteiger partial charge is 0.313 e. The normalized spacial score (nSPS) is 10.6. The van der Waals surface area contributed by atoms with E-state index in [0.29, 0.717) is 18.9 Å². The van der Waals surface area contributed by atoms with Crippen molar-refractivity contribution in [3.63, 3.8) is 0 Å². The van der Waals surface area contributed by atoms with Crippen LogP contribution in [0, 0.1) is 17.2 Å². The van der Waals surface area contributed by atoms with Crippen molar-refractivity contribution in [2.75, 3.05) is 5.75 Å². The summed E-state index contributed by atoms with van der Waals surface area (Å²) in [5, 5.41) is 22.5. The van der Waals surface area contributed by atoms with Gasteiger partial charge >= 0.3 is 5.97 Å². The molecule has 5 nitrogen and oxygen atoms in total. The lowest BCUT2D eigenvalue weighted by Crippen LogP contribution is -2.04. The maximum Gasteiger partial charge on any atom is 0.313 e. The summed E-state index contributed by atoms with van der Waals surface area (Å²) < 4.78 is 1.73. The molecule has 0 aliphatic rings. The summed E-state index contributed by atoms with van der Waals surface area (Å²) in [6, 6.07) is 3.99. The number of aryl methyl sites for hydroxylation is 1. The summed E-state index contributed by atoms with van der Waals surface area (Å²) in [7, 11) is 0. The van der Waals surface area contributed by atoms with Gasteiger partial charge in [0.1, 0.15) is 0 Å². The molecule has 0 atom stereocenters. The van der Waals surface area contributed by atoms with Gasteiger partial charge in [0.25, 0.3) is 0 Å². The maximum absolute atomic E-state index is 10.6. The van der Waals surface area contributed by atoms with Crippen LogP contribution >= 0.6 is 11.8 Å². The van der Waals surface area contributed by atoms with E-state index in [1.807, 2.05) is 6.07 Å². The van der Waals surface area contributed by atoms with Crippen LogP contribution in [-0.2, 0) is 17.8 Å². The molecule has 0 fully saturated rings. The van der Waals surface area contributed by atoms with Crippen LogP contribution in [0.15, 0.2) is 11.1 Å². The number of carbonyl (C=O) groups is 1. The number of thioether (sulfide) groups is 1. The Labute approximate surface area is 111 Å². The van der Waals surface area contributed by atoms with Gasteiger partial charge in [0.2, 0.25) is 0 Å². The van der Waals surface area contributed by atoms with E-state index in [1.165, 1.54) is 11.8 Å². The van der Waals surface area contributed by atoms with E-state index in [1.54, 1.807) is 4.68 Å². The first-order valence-electron chi connectivity index (χ1n) is 5.81. The van der Waals surface area contributed by atoms with Crippen molar-refractivity contribution in [2.45, 2.75) is 38.3 Å². The number of aromatic nitrogens is 2. The molecule has 0 unspecified atom stereocenters. The fourth-order valence-electron chi connectivity index (χ4n) is 1.54. The zero-order valence-electron chi connectivity index (χ0n) is 10.6. The zero-order chi connectivity index (χ0) is 13.5. The molecule has 18 heavy (non-hydrogen) atoms. The van der Waals surface area contributed by atoms with Crippen LogP contribution in [0.25, 0.3) is 0 Å². The van der Waals surface area contributed by atoms with E-state index in [-0.39, 0.29) is 5.75 Å². The van der Waals surface area contributed by atoms with E-state index >= 15 is 0 Å². The maximum atomic E-state index is 10.6. The molecular weight excluding hydrogens is 250 g/mol. The molecule has 0 aliphatic heterocycles. The average Bonchev–Trinajstić information content (AvgIpc) is 2.65. The number of hydrogen-bond donors (Lipinski definition) is 1. The van der Waals surface area contributed by atoms with Crippen molar-refractivity contribution in [3.05, 3.63) is 11.8 Å². The third kappa shape index (κ3) is 4.80. The first kappa shape index (κ1) is 14.6. The number of nitriles is 1. The zero-order valence-corrected chi connectivity index (χ0v) is 11.4. The highest BCUT2D eigenvalue weighted by atomic mass is 32.2. The largest absolute Gasteiger partial charge is 0.481 e. The van der Waals surface area contributed by atoms with Crippen LogP contribution in [0.5, 0.6) is 0 Å². The SMILES string of the molecule is CC(C)Cc1cc(SCC(=O)O)n(CCC#N)n1. The van der Waals surface area contributed by atoms with Crippen LogP contribution in [-0.4, -0.2) is 26.6 Å². The van der Waals surface area contributed by atoms with Gasteiger partial charge in [-0.05, 0) is 18.4 Å². The number of rotatable bonds is 7. The molecule has 0 radical (unpaired) electrons. The minimum absolute atomic E-state index is 0.0133. The van der Waals surface area contributed by atoms with Gasteiger partial charge < -0.3 is 5.11 Å². The van der Waals surface area contributed by atoms with Gasteiger partial charge in [-0.3, -0.25) is 9.48 Å². The first-order chi connectivity index (χ1) is 8.52. The Morgan fingerprint density at radius 1 is 1.67 bits per heavy atom. The number of aliphatic carboxylic acids is 1. The van der Waals surface area contributed by atoms with Crippen LogP contribution < -0.4 is 0 Å². The van der Waals surface area contributed by atoms with Gasteiger partial charge in [-0.1, -0.05) is 25.6 Å². The molecule has 0 bridgehead atoms. The van der Waals surface area contributed by atoms with Gasteiger partial charge in [-0.15, -0.1) is 0 Å². The lowest BCUT2D eigenvalue weighted by atomic mass is 10.1. The van der Waals surface area contributed by atoms with Crippen molar-refractivity contribution in [1.82, 2.24) is 9.78 Å². The first-order valence-corrected chi connectivity index (χ1v) is 6.79. The number of hydrogen-bond acceptors (Lipinski definition) is 4. The van der Waals surface area contributed by atoms with Gasteiger partial charge in [0.05, 0.1) is 35.5 Å². The number of carboxylic acid groups (broad SMARTS) is 1. The standard InChI is InChI=1S/C12H17N3O2S/c1-9(2)6-10-7-11(18-8-12(16)17)15(14-10)5-3-4-13/h7,9H,3,5-6,8H2,1-2H3,(H,16,17). The van der Waals surface area contributed by atoms with Crippen molar-refractivity contribution in [2.24, 2.45) is 5.92 Å². The highest BCUT2D eigenvalue weighted by Gasteiger charge is 2.11. The van der Waals surface area contributed by atoms with Crippen molar-refractivity contribution < 1.29 is 9.90 Å². The molecule has 1 N–H and O–H groups in total. The molecule has 0 spiro atoms. The Hall–Kier alpha value is -1.48. The minimum Gasteiger partial charge on any atom is -0.481 e. The summed E-state index contributed by atoms with van der Waals surface area (Å²) in [4.78, 5) is 10.6. The van der Waals surface area contributed by atoms with Crippen molar-refractivity contribution >= 4 is 17.7 Å². The fourth-order valence-corrected chi connectivity index (χ4v) is 2.31. The van der Waals surface area contributed by atoms with E-state index in [4.69, 9.17) is 10.4 Å². The molecule has 1 aromatic rings. The highest BCUT2D eigenvalue weighted by Crippen LogP contribution is 2.21. The van der Waals surface area contributed by atoms with Crippen LogP contribution in [0.4, 0.5) is 0 Å². The predicted octanol–water partition coefficient (Wildman–Crippen LogP) is 2.17. The lowest BCUT2D eigenvalue weighted by molar-refractivity contribution is -0.133. The molecule has 0 amide bonds. The lowest BCUT2D eigenvalue weighted by Gasteiger charge is -2.02. The minimum atomic E-state index is -0.849. The molecule has 1 aromatic heterocycles. The summed E-state index contributed by atoms with van der Waals surface area (Å²) in [6.07, 6.45) is 1.24. The Bertz CT molecular complexity index is 449. The molecular formula is C12H17N3O2S.